The summed E-state index contributed by atoms with van der Waals surface area (Å²) in [6.07, 6.45) is 1.03. The number of rotatable bonds is 2. The van der Waals surface area contributed by atoms with Gasteiger partial charge in [-0.05, 0) is 35.8 Å². The number of carbonyl (C=O) groups is 1. The van der Waals surface area contributed by atoms with Crippen molar-refractivity contribution < 1.29 is 9.90 Å². The fraction of sp³-hybridized carbons (Fsp3) is 0.533. The molecule has 1 heterocycles. The maximum atomic E-state index is 12.5. The molecular formula is C15H21NO2S. The summed E-state index contributed by atoms with van der Waals surface area (Å²) in [7, 11) is 0. The van der Waals surface area contributed by atoms with Crippen molar-refractivity contribution >= 4 is 17.7 Å². The number of nitrogens with zero attached hydrogens (tertiary/aromatic N) is 1. The van der Waals surface area contributed by atoms with Gasteiger partial charge in [0.1, 0.15) is 5.75 Å². The summed E-state index contributed by atoms with van der Waals surface area (Å²) in [6, 6.07) is 5.35. The minimum absolute atomic E-state index is 0.0394. The molecule has 1 aromatic rings. The third kappa shape index (κ3) is 3.44. The summed E-state index contributed by atoms with van der Waals surface area (Å²) in [4.78, 5) is 14.4. The largest absolute Gasteiger partial charge is 0.507 e. The van der Waals surface area contributed by atoms with Gasteiger partial charge in [-0.3, -0.25) is 4.79 Å². The summed E-state index contributed by atoms with van der Waals surface area (Å²) < 4.78 is 0. The molecule has 0 atom stereocenters. The van der Waals surface area contributed by atoms with Gasteiger partial charge in [-0.1, -0.05) is 19.9 Å². The molecule has 1 aromatic carbocycles. The van der Waals surface area contributed by atoms with Gasteiger partial charge in [0.05, 0.1) is 5.56 Å². The van der Waals surface area contributed by atoms with E-state index in [1.807, 2.05) is 28.8 Å². The Kier molecular flexibility index (Phi) is 4.75. The zero-order chi connectivity index (χ0) is 13.8. The predicted molar refractivity (Wildman–Crippen MR) is 80.0 cm³/mol. The lowest BCUT2D eigenvalue weighted by Crippen LogP contribution is -2.33. The van der Waals surface area contributed by atoms with Crippen LogP contribution in [0.4, 0.5) is 0 Å². The van der Waals surface area contributed by atoms with Crippen LogP contribution in [0.25, 0.3) is 0 Å². The Morgan fingerprint density at radius 3 is 2.84 bits per heavy atom. The van der Waals surface area contributed by atoms with E-state index >= 15 is 0 Å². The lowest BCUT2D eigenvalue weighted by Gasteiger charge is -2.21. The van der Waals surface area contributed by atoms with Gasteiger partial charge in [-0.25, -0.2) is 0 Å². The molecule has 1 amide bonds. The normalized spacial score (nSPS) is 16.5. The highest BCUT2D eigenvalue weighted by Crippen LogP contribution is 2.25. The molecule has 1 N–H and O–H groups in total. The van der Waals surface area contributed by atoms with E-state index in [2.05, 4.69) is 13.8 Å². The van der Waals surface area contributed by atoms with Gasteiger partial charge in [0.25, 0.3) is 5.91 Å². The molecule has 0 saturated carbocycles. The molecule has 2 rings (SSSR count). The Morgan fingerprint density at radius 2 is 2.11 bits per heavy atom. The fourth-order valence-electron chi connectivity index (χ4n) is 2.20. The van der Waals surface area contributed by atoms with E-state index in [0.29, 0.717) is 11.5 Å². The van der Waals surface area contributed by atoms with E-state index in [1.165, 1.54) is 0 Å². The third-order valence-corrected chi connectivity index (χ3v) is 4.48. The fourth-order valence-corrected chi connectivity index (χ4v) is 3.09. The van der Waals surface area contributed by atoms with Crippen LogP contribution < -0.4 is 0 Å². The first-order valence-corrected chi connectivity index (χ1v) is 7.95. The van der Waals surface area contributed by atoms with Gasteiger partial charge in [0.2, 0.25) is 0 Å². The van der Waals surface area contributed by atoms with Crippen LogP contribution in [0.2, 0.25) is 0 Å². The maximum Gasteiger partial charge on any atom is 0.257 e. The molecule has 0 radical (unpaired) electrons. The standard InChI is InChI=1S/C15H21NO2S/c1-11(2)12-4-5-14(17)13(10-12)15(18)16-6-3-8-19-9-7-16/h4-5,10-11,17H,3,6-9H2,1-2H3. The molecule has 3 nitrogen and oxygen atoms in total. The number of hydrogen-bond acceptors (Lipinski definition) is 3. The quantitative estimate of drug-likeness (QED) is 0.904. The topological polar surface area (TPSA) is 40.5 Å². The highest BCUT2D eigenvalue weighted by molar-refractivity contribution is 7.99. The van der Waals surface area contributed by atoms with Crippen LogP contribution in [0.3, 0.4) is 0 Å². The third-order valence-electron chi connectivity index (χ3n) is 3.43. The number of phenolic OH excluding ortho intramolecular Hbond substituents is 1. The van der Waals surface area contributed by atoms with Gasteiger partial charge in [-0.2, -0.15) is 11.8 Å². The van der Waals surface area contributed by atoms with Gasteiger partial charge in [0, 0.05) is 18.8 Å². The molecule has 104 valence electrons. The van der Waals surface area contributed by atoms with E-state index in [1.54, 1.807) is 6.07 Å². The van der Waals surface area contributed by atoms with Crippen LogP contribution in [0.15, 0.2) is 18.2 Å². The summed E-state index contributed by atoms with van der Waals surface area (Å²) in [5.74, 6) is 2.50. The molecule has 19 heavy (non-hydrogen) atoms. The second-order valence-electron chi connectivity index (χ2n) is 5.19. The maximum absolute atomic E-state index is 12.5. The van der Waals surface area contributed by atoms with Crippen LogP contribution in [0, 0.1) is 0 Å². The van der Waals surface area contributed by atoms with Crippen LogP contribution in [-0.2, 0) is 0 Å². The van der Waals surface area contributed by atoms with Gasteiger partial charge < -0.3 is 10.0 Å². The summed E-state index contributed by atoms with van der Waals surface area (Å²) >= 11 is 1.89. The van der Waals surface area contributed by atoms with Crippen molar-refractivity contribution in [2.45, 2.75) is 26.2 Å². The van der Waals surface area contributed by atoms with Crippen LogP contribution in [0.5, 0.6) is 5.75 Å². The van der Waals surface area contributed by atoms with Gasteiger partial charge >= 0.3 is 0 Å². The van der Waals surface area contributed by atoms with E-state index in [0.717, 1.165) is 36.6 Å². The molecular weight excluding hydrogens is 258 g/mol. The number of benzene rings is 1. The Morgan fingerprint density at radius 1 is 1.32 bits per heavy atom. The number of amides is 1. The first kappa shape index (κ1) is 14.3. The van der Waals surface area contributed by atoms with Crippen molar-refractivity contribution in [3.8, 4) is 5.75 Å². The number of carbonyl (C=O) groups excluding carboxylic acids is 1. The Bertz CT molecular complexity index is 451. The zero-order valence-corrected chi connectivity index (χ0v) is 12.4. The molecule has 1 aliphatic rings. The van der Waals surface area contributed by atoms with Crippen LogP contribution in [-0.4, -0.2) is 40.5 Å². The van der Waals surface area contributed by atoms with Crippen molar-refractivity contribution in [3.63, 3.8) is 0 Å². The second-order valence-corrected chi connectivity index (χ2v) is 6.41. The van der Waals surface area contributed by atoms with Crippen molar-refractivity contribution in [2.75, 3.05) is 24.6 Å². The lowest BCUT2D eigenvalue weighted by atomic mass is 9.99. The zero-order valence-electron chi connectivity index (χ0n) is 11.6. The first-order chi connectivity index (χ1) is 9.09. The monoisotopic (exact) mass is 279 g/mol. The highest BCUT2D eigenvalue weighted by atomic mass is 32.2. The second kappa shape index (κ2) is 6.33. The van der Waals surface area contributed by atoms with Crippen molar-refractivity contribution in [1.29, 1.82) is 0 Å². The molecule has 0 unspecified atom stereocenters. The smallest absolute Gasteiger partial charge is 0.257 e. The van der Waals surface area contributed by atoms with Crippen molar-refractivity contribution in [3.05, 3.63) is 29.3 Å². The van der Waals surface area contributed by atoms with E-state index < -0.39 is 0 Å². The molecule has 0 bridgehead atoms. The van der Waals surface area contributed by atoms with Crippen molar-refractivity contribution in [2.24, 2.45) is 0 Å². The summed E-state index contributed by atoms with van der Waals surface area (Å²) in [5.41, 5.74) is 1.53. The molecule has 1 aliphatic heterocycles. The van der Waals surface area contributed by atoms with Gasteiger partial charge in [0.15, 0.2) is 0 Å². The molecule has 0 aromatic heterocycles. The number of thioether (sulfide) groups is 1. The SMILES string of the molecule is CC(C)c1ccc(O)c(C(=O)N2CCCSCC2)c1. The van der Waals surface area contributed by atoms with E-state index in [4.69, 9.17) is 0 Å². The predicted octanol–water partition coefficient (Wildman–Crippen LogP) is 3.09. The summed E-state index contributed by atoms with van der Waals surface area (Å²) in [5, 5.41) is 9.94. The number of hydrogen-bond donors (Lipinski definition) is 1. The molecule has 0 spiro atoms. The van der Waals surface area contributed by atoms with E-state index in [9.17, 15) is 9.90 Å². The Balaban J connectivity index is 2.24. The average molecular weight is 279 g/mol. The first-order valence-electron chi connectivity index (χ1n) is 6.79. The van der Waals surface area contributed by atoms with E-state index in [-0.39, 0.29) is 11.7 Å². The molecule has 1 saturated heterocycles. The molecule has 4 heteroatoms. The Labute approximate surface area is 119 Å². The minimum atomic E-state index is -0.0394. The molecule has 0 aliphatic carbocycles. The minimum Gasteiger partial charge on any atom is -0.507 e. The number of aromatic hydroxyl groups is 1. The van der Waals surface area contributed by atoms with Crippen molar-refractivity contribution in [1.82, 2.24) is 4.90 Å². The van der Waals surface area contributed by atoms with Crippen LogP contribution >= 0.6 is 11.8 Å². The Hall–Kier alpha value is -1.16. The molecule has 1 fully saturated rings. The summed E-state index contributed by atoms with van der Waals surface area (Å²) in [6.45, 7) is 5.73. The average Bonchev–Trinajstić information content (AvgIpc) is 2.67. The van der Waals surface area contributed by atoms with Crippen LogP contribution in [0.1, 0.15) is 42.1 Å². The highest BCUT2D eigenvalue weighted by Gasteiger charge is 2.20. The van der Waals surface area contributed by atoms with Gasteiger partial charge in [-0.15, -0.1) is 0 Å². The number of phenols is 1. The lowest BCUT2D eigenvalue weighted by molar-refractivity contribution is 0.0765.